The molecule has 4 aliphatic rings. The molecule has 101 heavy (non-hydrogen) atoms. The van der Waals surface area contributed by atoms with Gasteiger partial charge in [-0.2, -0.15) is 0 Å². The zero-order valence-electron chi connectivity index (χ0n) is 54.3. The first-order chi connectivity index (χ1) is 50.1. The Hall–Kier alpha value is -10.4. The number of hydrogen-bond donors (Lipinski definition) is 0. The molecule has 3 aromatic heterocycles. The van der Waals surface area contributed by atoms with Gasteiger partial charge in [0, 0.05) is 0 Å². The molecule has 0 fully saturated rings. The number of anilines is 15. The van der Waals surface area contributed by atoms with Gasteiger partial charge < -0.3 is 0 Å². The van der Waals surface area contributed by atoms with E-state index < -0.39 is 61.3 Å². The van der Waals surface area contributed by atoms with Crippen LogP contribution < -0.4 is 62.0 Å². The third-order valence-corrected chi connectivity index (χ3v) is 31.5. The SMILES string of the molecule is c1ccc(N(c2ccccc2)c2cc3c4c(c2)N(c2cccc5c2[te]c2ccccc25)c2cc5c(cc2B4c2ccccc2N3c2ccccc2)B2c3ccccc3N(c3cccc4c3[te]c3ccccc34)c3cc(N(c4ccccc4)c4cccc6c4[te]c4ccccc46)cc(c32)O5)cc1. The fraction of sp³-hybridized carbons (Fsp3) is 0. The molecule has 7 heterocycles. The average molecular weight is 1630 g/mol. The second-order valence-electron chi connectivity index (χ2n) is 26.6. The summed E-state index contributed by atoms with van der Waals surface area (Å²) in [7, 11) is 0. The standard InChI is InChI=1S/C90H55B2N5OTe3/c1-5-26-56(27-6-1)93(57-28-7-2-8-29-57)60-50-78-86-79(51-60)97(76-46-25-39-67-64-36-15-22-49-85(64)101-90(67)76)77-55-81-71(54-70(77)91(86)68-40-16-18-42-72(68)95(78)59-32-11-4-12-33-59)92-69-41-17-19-43-73(69)96(75-45-24-38-66-63-35-14-21-48-84(63)100-89(66)75)80-52-61(53-82(98-81)87(80)92)94(58-30-9-3-10-31-58)74-44-23-37-65-62-34-13-20-47-83(62)99-88(65)74/h1-55H. The van der Waals surface area contributed by atoms with Gasteiger partial charge in [-0.25, -0.2) is 0 Å². The van der Waals surface area contributed by atoms with Gasteiger partial charge in [0.25, 0.3) is 0 Å². The zero-order valence-corrected chi connectivity index (χ0v) is 61.3. The fourth-order valence-corrected chi connectivity index (χ4v) is 27.4. The number of ether oxygens (including phenoxy) is 1. The average Bonchev–Trinajstić information content (AvgIpc) is 1.24. The summed E-state index contributed by atoms with van der Waals surface area (Å²) in [6.07, 6.45) is 0. The fourth-order valence-electron chi connectivity index (χ4n) is 17.1. The summed E-state index contributed by atoms with van der Waals surface area (Å²) in [5.41, 5.74) is 24.5. The van der Waals surface area contributed by atoms with Crippen LogP contribution in [0, 0.1) is 0 Å². The molecule has 0 radical (unpaired) electrons. The topological polar surface area (TPSA) is 25.4 Å². The molecule has 0 amide bonds. The van der Waals surface area contributed by atoms with Crippen molar-refractivity contribution in [2.75, 3.05) is 24.5 Å². The summed E-state index contributed by atoms with van der Waals surface area (Å²) >= 11 is -2.40. The van der Waals surface area contributed by atoms with E-state index in [1.165, 1.54) is 114 Å². The Balaban J connectivity index is 0.845. The van der Waals surface area contributed by atoms with Crippen LogP contribution in [-0.4, -0.2) is 74.7 Å². The summed E-state index contributed by atoms with van der Waals surface area (Å²) in [6.45, 7) is -0.370. The zero-order chi connectivity index (χ0) is 66.0. The molecule has 0 bridgehead atoms. The molecule has 0 atom stereocenters. The van der Waals surface area contributed by atoms with Crippen LogP contribution in [-0.2, 0) is 0 Å². The van der Waals surface area contributed by atoms with Gasteiger partial charge >= 0.3 is 620 Å². The van der Waals surface area contributed by atoms with Crippen molar-refractivity contribution in [1.82, 2.24) is 0 Å². The Morgan fingerprint density at radius 3 is 1.23 bits per heavy atom. The number of para-hydroxylation sites is 6. The van der Waals surface area contributed by atoms with Gasteiger partial charge in [-0.1, -0.05) is 0 Å². The molecule has 22 rings (SSSR count). The van der Waals surface area contributed by atoms with Crippen LogP contribution in [0.15, 0.2) is 334 Å². The van der Waals surface area contributed by atoms with E-state index in [1.54, 1.807) is 0 Å². The van der Waals surface area contributed by atoms with Gasteiger partial charge in [-0.3, -0.25) is 0 Å². The minimum atomic E-state index is -0.860. The van der Waals surface area contributed by atoms with Crippen LogP contribution in [0.2, 0.25) is 0 Å². The molecule has 0 N–H and O–H groups in total. The first kappa shape index (κ1) is 58.4. The molecular weight excluding hydrogens is 1570 g/mol. The van der Waals surface area contributed by atoms with E-state index in [0.29, 0.717) is 0 Å². The number of benzene rings is 15. The van der Waals surface area contributed by atoms with Crippen LogP contribution in [0.25, 0.3) is 52.7 Å². The summed E-state index contributed by atoms with van der Waals surface area (Å²) in [5, 5.41) is 8.12. The van der Waals surface area contributed by atoms with Crippen LogP contribution in [0.3, 0.4) is 0 Å². The maximum absolute atomic E-state index is 8.11. The van der Waals surface area contributed by atoms with Crippen molar-refractivity contribution in [3.63, 3.8) is 0 Å². The molecule has 18 aromatic rings. The van der Waals surface area contributed by atoms with Crippen LogP contribution >= 0.6 is 0 Å². The third kappa shape index (κ3) is 8.86. The van der Waals surface area contributed by atoms with Crippen molar-refractivity contribution in [3.05, 3.63) is 334 Å². The van der Waals surface area contributed by atoms with Gasteiger partial charge in [0.2, 0.25) is 0 Å². The maximum atomic E-state index is 8.11. The monoisotopic (exact) mass is 1630 g/mol. The molecular formula is C90H55B2N5OTe3. The van der Waals surface area contributed by atoms with Gasteiger partial charge in [0.05, 0.1) is 0 Å². The van der Waals surface area contributed by atoms with E-state index in [0.717, 1.165) is 68.4 Å². The Kier molecular flexibility index (Phi) is 13.3. The van der Waals surface area contributed by atoms with E-state index in [-0.39, 0.29) is 13.4 Å². The van der Waals surface area contributed by atoms with Crippen LogP contribution in [0.4, 0.5) is 85.3 Å². The Labute approximate surface area is 614 Å². The van der Waals surface area contributed by atoms with E-state index in [4.69, 9.17) is 4.74 Å². The predicted octanol–water partition coefficient (Wildman–Crippen LogP) is 19.2. The molecule has 15 aromatic carbocycles. The molecule has 0 unspecified atom stereocenters. The quantitative estimate of drug-likeness (QED) is 0.134. The van der Waals surface area contributed by atoms with E-state index in [2.05, 4.69) is 358 Å². The number of rotatable bonds is 9. The Morgan fingerprint density at radius 2 is 0.653 bits per heavy atom. The molecule has 4 aliphatic heterocycles. The van der Waals surface area contributed by atoms with E-state index in [9.17, 15) is 0 Å². The van der Waals surface area contributed by atoms with E-state index >= 15 is 0 Å². The number of fused-ring (bicyclic) bond motifs is 17. The normalized spacial score (nSPS) is 13.1. The summed E-state index contributed by atoms with van der Waals surface area (Å²) < 4.78 is 16.9. The van der Waals surface area contributed by atoms with Gasteiger partial charge in [-0.05, 0) is 0 Å². The molecule has 0 saturated carbocycles. The molecule has 470 valence electrons. The van der Waals surface area contributed by atoms with Crippen LogP contribution in [0.1, 0.15) is 0 Å². The van der Waals surface area contributed by atoms with Crippen molar-refractivity contribution < 1.29 is 4.74 Å². The van der Waals surface area contributed by atoms with Crippen molar-refractivity contribution in [3.8, 4) is 11.5 Å². The molecule has 0 aliphatic carbocycles. The summed E-state index contributed by atoms with van der Waals surface area (Å²) in [4.78, 5) is 12.9. The van der Waals surface area contributed by atoms with Crippen molar-refractivity contribution in [1.29, 1.82) is 0 Å². The van der Waals surface area contributed by atoms with Gasteiger partial charge in [-0.15, -0.1) is 0 Å². The Bertz CT molecular complexity index is 6420. The molecule has 6 nitrogen and oxygen atoms in total. The van der Waals surface area contributed by atoms with Crippen molar-refractivity contribution >= 4 is 246 Å². The van der Waals surface area contributed by atoms with Crippen molar-refractivity contribution in [2.24, 2.45) is 0 Å². The summed E-state index contributed by atoms with van der Waals surface area (Å²) in [5.74, 6) is 1.74. The van der Waals surface area contributed by atoms with Gasteiger partial charge in [0.15, 0.2) is 0 Å². The second-order valence-corrected chi connectivity index (χ2v) is 35.6. The first-order valence-electron chi connectivity index (χ1n) is 34.4. The van der Waals surface area contributed by atoms with Crippen LogP contribution in [0.5, 0.6) is 11.5 Å². The number of nitrogens with zero attached hydrogens (tertiary/aromatic N) is 5. The Morgan fingerprint density at radius 1 is 0.248 bits per heavy atom. The van der Waals surface area contributed by atoms with Crippen molar-refractivity contribution in [2.45, 2.75) is 0 Å². The molecule has 0 spiro atoms. The minimum absolute atomic E-state index is 0.174. The first-order valence-corrected chi connectivity index (χ1v) is 41.4. The predicted molar refractivity (Wildman–Crippen MR) is 432 cm³/mol. The van der Waals surface area contributed by atoms with E-state index in [1.807, 2.05) is 0 Å². The summed E-state index contributed by atoms with van der Waals surface area (Å²) in [6, 6.07) is 126. The second kappa shape index (κ2) is 23.1. The molecule has 11 heteroatoms. The van der Waals surface area contributed by atoms with Gasteiger partial charge in [0.1, 0.15) is 0 Å². The number of hydrogen-bond acceptors (Lipinski definition) is 6. The third-order valence-electron chi connectivity index (χ3n) is 21.2. The molecule has 0 saturated heterocycles.